The zero-order valence-corrected chi connectivity index (χ0v) is 12.0. The van der Waals surface area contributed by atoms with Crippen molar-refractivity contribution in [2.24, 2.45) is 0 Å². The van der Waals surface area contributed by atoms with E-state index in [0.29, 0.717) is 13.2 Å². The van der Waals surface area contributed by atoms with Crippen molar-refractivity contribution in [3.8, 4) is 5.75 Å². The molecule has 0 radical (unpaired) electrons. The molecule has 0 aliphatic rings. The first-order chi connectivity index (χ1) is 8.56. The van der Waals surface area contributed by atoms with Crippen LogP contribution >= 0.6 is 11.6 Å². The Bertz CT molecular complexity index is 407. The van der Waals surface area contributed by atoms with Gasteiger partial charge in [-0.2, -0.15) is 0 Å². The van der Waals surface area contributed by atoms with Gasteiger partial charge in [0.25, 0.3) is 0 Å². The third kappa shape index (κ3) is 4.22. The molecule has 0 aliphatic carbocycles. The van der Waals surface area contributed by atoms with Crippen molar-refractivity contribution in [3.63, 3.8) is 0 Å². The molecule has 1 amide bonds. The lowest BCUT2D eigenvalue weighted by Gasteiger charge is -2.16. The van der Waals surface area contributed by atoms with Crippen molar-refractivity contribution in [1.29, 1.82) is 0 Å². The number of rotatable bonds is 6. The van der Waals surface area contributed by atoms with Crippen LogP contribution in [0.4, 0.5) is 0 Å². The molecule has 1 aromatic rings. The molecule has 1 rings (SSSR count). The second kappa shape index (κ2) is 7.27. The fourth-order valence-corrected chi connectivity index (χ4v) is 1.80. The van der Waals surface area contributed by atoms with Gasteiger partial charge in [0.15, 0.2) is 0 Å². The Kier molecular flexibility index (Phi) is 5.99. The maximum atomic E-state index is 11.2. The van der Waals surface area contributed by atoms with E-state index in [-0.39, 0.29) is 11.8 Å². The van der Waals surface area contributed by atoms with Crippen molar-refractivity contribution in [1.82, 2.24) is 4.90 Å². The fraction of sp³-hybridized carbons (Fsp3) is 0.500. The molecule has 3 nitrogen and oxygen atoms in total. The largest absolute Gasteiger partial charge is 0.493 e. The number of aryl methyl sites for hydroxylation is 1. The first-order valence-corrected chi connectivity index (χ1v) is 6.58. The first-order valence-electron chi connectivity index (χ1n) is 6.05. The molecule has 0 saturated heterocycles. The minimum absolute atomic E-state index is 0.0361. The summed E-state index contributed by atoms with van der Waals surface area (Å²) in [5.74, 6) is 0.902. The Morgan fingerprint density at radius 3 is 2.78 bits per heavy atom. The summed E-state index contributed by atoms with van der Waals surface area (Å²) in [6.45, 7) is 5.38. The topological polar surface area (TPSA) is 29.5 Å². The highest BCUT2D eigenvalue weighted by Gasteiger charge is 2.06. The van der Waals surface area contributed by atoms with Crippen LogP contribution in [0.5, 0.6) is 5.75 Å². The predicted molar refractivity (Wildman–Crippen MR) is 74.4 cm³/mol. The van der Waals surface area contributed by atoms with E-state index >= 15 is 0 Å². The average molecular weight is 270 g/mol. The van der Waals surface area contributed by atoms with E-state index in [0.717, 1.165) is 12.2 Å². The predicted octanol–water partition coefficient (Wildman–Crippen LogP) is 2.77. The monoisotopic (exact) mass is 269 g/mol. The minimum Gasteiger partial charge on any atom is -0.493 e. The lowest BCUT2D eigenvalue weighted by Crippen LogP contribution is -2.29. The number of nitrogens with zero attached hydrogens (tertiary/aromatic N) is 1. The summed E-state index contributed by atoms with van der Waals surface area (Å²) in [4.78, 5) is 12.9. The minimum atomic E-state index is -0.0524. The van der Waals surface area contributed by atoms with Gasteiger partial charge in [0.2, 0.25) is 5.91 Å². The Morgan fingerprint density at radius 1 is 1.39 bits per heavy atom. The molecular formula is C14H20ClNO2. The molecular weight excluding hydrogens is 250 g/mol. The van der Waals surface area contributed by atoms with Crippen molar-refractivity contribution < 1.29 is 9.53 Å². The van der Waals surface area contributed by atoms with Gasteiger partial charge >= 0.3 is 0 Å². The molecule has 100 valence electrons. The third-order valence-electron chi connectivity index (χ3n) is 2.99. The number of carbonyl (C=O) groups is 1. The van der Waals surface area contributed by atoms with E-state index in [9.17, 15) is 4.79 Å². The number of carbonyl (C=O) groups excluding carboxylic acids is 1. The molecule has 0 unspecified atom stereocenters. The molecule has 0 fully saturated rings. The maximum absolute atomic E-state index is 11.2. The molecule has 1 aromatic carbocycles. The molecule has 0 heterocycles. The van der Waals surface area contributed by atoms with Gasteiger partial charge in [-0.05, 0) is 37.5 Å². The Labute approximate surface area is 114 Å². The summed E-state index contributed by atoms with van der Waals surface area (Å²) >= 11 is 5.47. The molecule has 0 atom stereocenters. The van der Waals surface area contributed by atoms with Gasteiger partial charge in [0.05, 0.1) is 6.61 Å². The highest BCUT2D eigenvalue weighted by atomic mass is 35.5. The summed E-state index contributed by atoms with van der Waals surface area (Å²) in [6.07, 6.45) is 0.798. The third-order valence-corrected chi connectivity index (χ3v) is 3.22. The zero-order valence-electron chi connectivity index (χ0n) is 11.2. The van der Waals surface area contributed by atoms with Crippen molar-refractivity contribution >= 4 is 17.5 Å². The van der Waals surface area contributed by atoms with Crippen molar-refractivity contribution in [2.45, 2.75) is 20.3 Å². The number of ether oxygens (including phenoxy) is 1. The molecule has 18 heavy (non-hydrogen) atoms. The number of alkyl halides is 1. The SMILES string of the molecule is Cc1cccc(OCCCN(C)C(=O)CCl)c1C. The highest BCUT2D eigenvalue weighted by Crippen LogP contribution is 2.20. The van der Waals surface area contributed by atoms with E-state index in [4.69, 9.17) is 16.3 Å². The number of hydrogen-bond donors (Lipinski definition) is 0. The van der Waals surface area contributed by atoms with Gasteiger partial charge in [-0.15, -0.1) is 11.6 Å². The summed E-state index contributed by atoms with van der Waals surface area (Å²) in [5.41, 5.74) is 2.39. The number of hydrogen-bond acceptors (Lipinski definition) is 2. The standard InChI is InChI=1S/C14H20ClNO2/c1-11-6-4-7-13(12(11)2)18-9-5-8-16(3)14(17)10-15/h4,6-7H,5,8-10H2,1-3H3. The normalized spacial score (nSPS) is 10.2. The van der Waals surface area contributed by atoms with E-state index in [1.165, 1.54) is 11.1 Å². The van der Waals surface area contributed by atoms with Crippen molar-refractivity contribution in [3.05, 3.63) is 29.3 Å². The average Bonchev–Trinajstić information content (AvgIpc) is 2.38. The Hall–Kier alpha value is -1.22. The smallest absolute Gasteiger partial charge is 0.237 e. The Morgan fingerprint density at radius 2 is 2.11 bits per heavy atom. The second-order valence-electron chi connectivity index (χ2n) is 4.35. The summed E-state index contributed by atoms with van der Waals surface area (Å²) in [7, 11) is 1.75. The lowest BCUT2D eigenvalue weighted by atomic mass is 10.1. The molecule has 0 aromatic heterocycles. The van der Waals surface area contributed by atoms with Crippen LogP contribution in [-0.4, -0.2) is 36.9 Å². The summed E-state index contributed by atoms with van der Waals surface area (Å²) in [5, 5.41) is 0. The summed E-state index contributed by atoms with van der Waals surface area (Å²) < 4.78 is 5.71. The van der Waals surface area contributed by atoms with Crippen LogP contribution in [0, 0.1) is 13.8 Å². The highest BCUT2D eigenvalue weighted by molar-refractivity contribution is 6.27. The molecule has 4 heteroatoms. The van der Waals surface area contributed by atoms with Crippen LogP contribution in [0.25, 0.3) is 0 Å². The summed E-state index contributed by atoms with van der Waals surface area (Å²) in [6, 6.07) is 6.02. The van der Waals surface area contributed by atoms with Crippen molar-refractivity contribution in [2.75, 3.05) is 26.1 Å². The van der Waals surface area contributed by atoms with E-state index in [1.807, 2.05) is 19.1 Å². The maximum Gasteiger partial charge on any atom is 0.237 e. The molecule has 0 spiro atoms. The number of amides is 1. The van der Waals surface area contributed by atoms with E-state index in [1.54, 1.807) is 11.9 Å². The van der Waals surface area contributed by atoms with Gasteiger partial charge in [-0.3, -0.25) is 4.79 Å². The first kappa shape index (κ1) is 14.8. The Balaban J connectivity index is 2.34. The number of halogens is 1. The fourth-order valence-electron chi connectivity index (χ4n) is 1.59. The van der Waals surface area contributed by atoms with Crippen LogP contribution in [0.1, 0.15) is 17.5 Å². The van der Waals surface area contributed by atoms with E-state index in [2.05, 4.69) is 13.0 Å². The molecule has 0 aliphatic heterocycles. The number of benzene rings is 1. The quantitative estimate of drug-likeness (QED) is 0.587. The van der Waals surface area contributed by atoms with Gasteiger partial charge in [0, 0.05) is 13.6 Å². The van der Waals surface area contributed by atoms with Crippen LogP contribution in [0.2, 0.25) is 0 Å². The lowest BCUT2D eigenvalue weighted by molar-refractivity contribution is -0.127. The van der Waals surface area contributed by atoms with Gasteiger partial charge < -0.3 is 9.64 Å². The van der Waals surface area contributed by atoms with E-state index < -0.39 is 0 Å². The zero-order chi connectivity index (χ0) is 13.5. The van der Waals surface area contributed by atoms with Crippen LogP contribution in [0.15, 0.2) is 18.2 Å². The molecule has 0 saturated carbocycles. The van der Waals surface area contributed by atoms with Gasteiger partial charge in [-0.25, -0.2) is 0 Å². The molecule has 0 N–H and O–H groups in total. The molecule has 0 bridgehead atoms. The van der Waals surface area contributed by atoms with Crippen LogP contribution < -0.4 is 4.74 Å². The van der Waals surface area contributed by atoms with Gasteiger partial charge in [0.1, 0.15) is 11.6 Å². The van der Waals surface area contributed by atoms with Crippen LogP contribution in [0.3, 0.4) is 0 Å². The van der Waals surface area contributed by atoms with Crippen LogP contribution in [-0.2, 0) is 4.79 Å². The van der Waals surface area contributed by atoms with Gasteiger partial charge in [-0.1, -0.05) is 12.1 Å². The second-order valence-corrected chi connectivity index (χ2v) is 4.62.